The summed E-state index contributed by atoms with van der Waals surface area (Å²) in [6.45, 7) is 7.44. The normalized spacial score (nSPS) is 12.8. The third-order valence-corrected chi connectivity index (χ3v) is 6.76. The van der Waals surface area contributed by atoms with Gasteiger partial charge in [0, 0.05) is 18.7 Å². The molecule has 152 valence electrons. The van der Waals surface area contributed by atoms with Crippen LogP contribution in [0.3, 0.4) is 0 Å². The van der Waals surface area contributed by atoms with Gasteiger partial charge in [-0.15, -0.1) is 0 Å². The van der Waals surface area contributed by atoms with Crippen molar-refractivity contribution in [1.29, 1.82) is 0 Å². The quantitative estimate of drug-likeness (QED) is 0.755. The Morgan fingerprint density at radius 3 is 2.29 bits per heavy atom. The molecule has 1 N–H and O–H groups in total. The minimum atomic E-state index is -3.72. The van der Waals surface area contributed by atoms with Crippen molar-refractivity contribution in [3.05, 3.63) is 64.7 Å². The van der Waals surface area contributed by atoms with Crippen molar-refractivity contribution < 1.29 is 22.0 Å². The standard InChI is InChI=1S/C20H24F2N2O3S/c1-5-24(6-2)28(26,27)19-12-16(8-7-13(19)3)20(25)23-14(4)15-9-10-17(21)18(22)11-15/h7-12,14H,5-6H2,1-4H3,(H,23,25). The van der Waals surface area contributed by atoms with Crippen LogP contribution in [0.25, 0.3) is 0 Å². The second-order valence-corrected chi connectivity index (χ2v) is 8.34. The number of nitrogens with zero attached hydrogens (tertiary/aromatic N) is 1. The molecule has 0 spiro atoms. The summed E-state index contributed by atoms with van der Waals surface area (Å²) in [6.07, 6.45) is 0. The Kier molecular flexibility index (Phi) is 6.90. The summed E-state index contributed by atoms with van der Waals surface area (Å²) < 4.78 is 53.5. The van der Waals surface area contributed by atoms with Crippen molar-refractivity contribution in [2.75, 3.05) is 13.1 Å². The molecule has 0 heterocycles. The van der Waals surface area contributed by atoms with Crippen LogP contribution in [0.5, 0.6) is 0 Å². The number of sulfonamides is 1. The predicted molar refractivity (Wildman–Crippen MR) is 104 cm³/mol. The number of carbonyl (C=O) groups is 1. The highest BCUT2D eigenvalue weighted by atomic mass is 32.2. The Morgan fingerprint density at radius 1 is 1.07 bits per heavy atom. The zero-order valence-corrected chi connectivity index (χ0v) is 17.1. The molecule has 0 aliphatic rings. The molecule has 0 radical (unpaired) electrons. The summed E-state index contributed by atoms with van der Waals surface area (Å²) in [5.41, 5.74) is 1.11. The van der Waals surface area contributed by atoms with Crippen molar-refractivity contribution in [1.82, 2.24) is 9.62 Å². The van der Waals surface area contributed by atoms with Crippen LogP contribution in [0.1, 0.15) is 48.3 Å². The number of rotatable bonds is 7. The van der Waals surface area contributed by atoms with E-state index in [1.54, 1.807) is 33.8 Å². The van der Waals surface area contributed by atoms with Gasteiger partial charge in [0.1, 0.15) is 0 Å². The van der Waals surface area contributed by atoms with Crippen molar-refractivity contribution in [2.45, 2.75) is 38.6 Å². The van der Waals surface area contributed by atoms with Crippen LogP contribution in [0.4, 0.5) is 8.78 Å². The second kappa shape index (κ2) is 8.79. The number of nitrogens with one attached hydrogen (secondary N) is 1. The third kappa shape index (κ3) is 4.56. The van der Waals surface area contributed by atoms with Gasteiger partial charge in [-0.05, 0) is 49.2 Å². The number of benzene rings is 2. The first-order chi connectivity index (χ1) is 13.1. The van der Waals surface area contributed by atoms with E-state index >= 15 is 0 Å². The maximum Gasteiger partial charge on any atom is 0.251 e. The lowest BCUT2D eigenvalue weighted by Crippen LogP contribution is -2.32. The fraction of sp³-hybridized carbons (Fsp3) is 0.350. The first-order valence-corrected chi connectivity index (χ1v) is 10.4. The Hall–Kier alpha value is -2.32. The van der Waals surface area contributed by atoms with Crippen LogP contribution in [-0.2, 0) is 10.0 Å². The molecule has 0 aromatic heterocycles. The SMILES string of the molecule is CCN(CC)S(=O)(=O)c1cc(C(=O)NC(C)c2ccc(F)c(F)c2)ccc1C. The minimum Gasteiger partial charge on any atom is -0.346 e. The highest BCUT2D eigenvalue weighted by Gasteiger charge is 2.25. The van der Waals surface area contributed by atoms with Gasteiger partial charge in [-0.3, -0.25) is 4.79 Å². The second-order valence-electron chi connectivity index (χ2n) is 6.44. The van der Waals surface area contributed by atoms with Crippen molar-refractivity contribution in [2.24, 2.45) is 0 Å². The van der Waals surface area contributed by atoms with Crippen LogP contribution in [0.15, 0.2) is 41.3 Å². The Balaban J connectivity index is 2.30. The van der Waals surface area contributed by atoms with Gasteiger partial charge in [0.2, 0.25) is 10.0 Å². The van der Waals surface area contributed by atoms with Crippen LogP contribution in [0, 0.1) is 18.6 Å². The van der Waals surface area contributed by atoms with Gasteiger partial charge >= 0.3 is 0 Å². The summed E-state index contributed by atoms with van der Waals surface area (Å²) >= 11 is 0. The Bertz CT molecular complexity index is 973. The van der Waals surface area contributed by atoms with Crippen molar-refractivity contribution in [3.8, 4) is 0 Å². The average molecular weight is 410 g/mol. The fourth-order valence-corrected chi connectivity index (χ4v) is 4.58. The molecule has 0 aliphatic carbocycles. The molecule has 0 fully saturated rings. The topological polar surface area (TPSA) is 66.5 Å². The van der Waals surface area contributed by atoms with E-state index in [-0.39, 0.29) is 10.5 Å². The number of halogens is 2. The molecule has 8 heteroatoms. The molecule has 2 rings (SSSR count). The van der Waals surface area contributed by atoms with Crippen LogP contribution in [0.2, 0.25) is 0 Å². The van der Waals surface area contributed by atoms with E-state index < -0.39 is 33.6 Å². The lowest BCUT2D eigenvalue weighted by molar-refractivity contribution is 0.0939. The highest BCUT2D eigenvalue weighted by Crippen LogP contribution is 2.22. The molecule has 2 aromatic rings. The van der Waals surface area contributed by atoms with Gasteiger partial charge in [0.25, 0.3) is 5.91 Å². The zero-order valence-electron chi connectivity index (χ0n) is 16.3. The number of hydrogen-bond donors (Lipinski definition) is 1. The summed E-state index contributed by atoms with van der Waals surface area (Å²) in [5.74, 6) is -2.47. The zero-order chi connectivity index (χ0) is 21.1. The van der Waals surface area contributed by atoms with E-state index in [0.717, 1.165) is 12.1 Å². The van der Waals surface area contributed by atoms with Gasteiger partial charge in [-0.1, -0.05) is 26.0 Å². The molecule has 5 nitrogen and oxygen atoms in total. The largest absolute Gasteiger partial charge is 0.346 e. The maximum atomic E-state index is 13.4. The molecule has 1 atom stereocenters. The summed E-state index contributed by atoms with van der Waals surface area (Å²) in [5, 5.41) is 2.68. The monoisotopic (exact) mass is 410 g/mol. The van der Waals surface area contributed by atoms with Gasteiger partial charge < -0.3 is 5.32 Å². The summed E-state index contributed by atoms with van der Waals surface area (Å²) in [7, 11) is -3.72. The van der Waals surface area contributed by atoms with Gasteiger partial charge in [-0.25, -0.2) is 17.2 Å². The van der Waals surface area contributed by atoms with E-state index in [1.807, 2.05) is 0 Å². The van der Waals surface area contributed by atoms with E-state index in [9.17, 15) is 22.0 Å². The van der Waals surface area contributed by atoms with Crippen molar-refractivity contribution in [3.63, 3.8) is 0 Å². The predicted octanol–water partition coefficient (Wildman–Crippen LogP) is 3.79. The molecule has 1 amide bonds. The smallest absolute Gasteiger partial charge is 0.251 e. The van der Waals surface area contributed by atoms with Gasteiger partial charge in [0.15, 0.2) is 11.6 Å². The molecule has 0 bridgehead atoms. The number of amides is 1. The molecule has 1 unspecified atom stereocenters. The van der Waals surface area contributed by atoms with Gasteiger partial charge in [0.05, 0.1) is 10.9 Å². The van der Waals surface area contributed by atoms with E-state index in [1.165, 1.54) is 22.5 Å². The van der Waals surface area contributed by atoms with Crippen molar-refractivity contribution >= 4 is 15.9 Å². The first-order valence-electron chi connectivity index (χ1n) is 8.98. The maximum absolute atomic E-state index is 13.4. The van der Waals surface area contributed by atoms with E-state index in [0.29, 0.717) is 24.2 Å². The number of aryl methyl sites for hydroxylation is 1. The molecule has 28 heavy (non-hydrogen) atoms. The van der Waals surface area contributed by atoms with E-state index in [2.05, 4.69) is 5.32 Å². The summed E-state index contributed by atoms with van der Waals surface area (Å²) in [6, 6.07) is 7.26. The molecular formula is C20H24F2N2O3S. The van der Waals surface area contributed by atoms with Gasteiger partial charge in [-0.2, -0.15) is 4.31 Å². The minimum absolute atomic E-state index is 0.0735. The first kappa shape index (κ1) is 22.0. The lowest BCUT2D eigenvalue weighted by Gasteiger charge is -2.20. The average Bonchev–Trinajstić information content (AvgIpc) is 2.64. The van der Waals surface area contributed by atoms with Crippen LogP contribution < -0.4 is 5.32 Å². The molecule has 2 aromatic carbocycles. The summed E-state index contributed by atoms with van der Waals surface area (Å²) in [4.78, 5) is 12.7. The molecule has 0 saturated heterocycles. The number of hydrogen-bond acceptors (Lipinski definition) is 3. The number of carbonyl (C=O) groups excluding carboxylic acids is 1. The fourth-order valence-electron chi connectivity index (χ4n) is 2.87. The lowest BCUT2D eigenvalue weighted by atomic mass is 10.1. The highest BCUT2D eigenvalue weighted by molar-refractivity contribution is 7.89. The Morgan fingerprint density at radius 2 is 1.71 bits per heavy atom. The molecule has 0 saturated carbocycles. The van der Waals surface area contributed by atoms with Crippen LogP contribution >= 0.6 is 0 Å². The Labute approximate surface area is 164 Å². The van der Waals surface area contributed by atoms with E-state index in [4.69, 9.17) is 0 Å². The molecule has 0 aliphatic heterocycles. The van der Waals surface area contributed by atoms with Crippen LogP contribution in [-0.4, -0.2) is 31.7 Å². The third-order valence-electron chi connectivity index (χ3n) is 4.56. The molecular weight excluding hydrogens is 386 g/mol.